The average molecular weight is 319 g/mol. The number of aromatic nitrogens is 1. The molecular formula is C20H21N3O. The van der Waals surface area contributed by atoms with Crippen molar-refractivity contribution >= 4 is 22.6 Å². The molecule has 122 valence electrons. The molecule has 0 saturated carbocycles. The van der Waals surface area contributed by atoms with Crippen LogP contribution in [0.2, 0.25) is 0 Å². The van der Waals surface area contributed by atoms with Crippen LogP contribution in [0, 0.1) is 0 Å². The molecule has 0 unspecified atom stereocenters. The van der Waals surface area contributed by atoms with E-state index in [4.69, 9.17) is 5.73 Å². The first-order valence-electron chi connectivity index (χ1n) is 8.37. The number of nitrogen functional groups attached to an aromatic ring is 1. The van der Waals surface area contributed by atoms with Gasteiger partial charge < -0.3 is 15.2 Å². The highest BCUT2D eigenvalue weighted by molar-refractivity contribution is 6.01. The Balaban J connectivity index is 2.01. The Morgan fingerprint density at radius 1 is 1.08 bits per heavy atom. The van der Waals surface area contributed by atoms with Gasteiger partial charge in [0, 0.05) is 35.6 Å². The molecule has 24 heavy (non-hydrogen) atoms. The molecule has 3 aromatic rings. The Labute approximate surface area is 141 Å². The van der Waals surface area contributed by atoms with E-state index in [9.17, 15) is 4.79 Å². The number of rotatable bonds is 3. The number of amides is 1. The highest BCUT2D eigenvalue weighted by atomic mass is 16.2. The van der Waals surface area contributed by atoms with Crippen molar-refractivity contribution < 1.29 is 4.79 Å². The zero-order chi connectivity index (χ0) is 16.8. The maximum atomic E-state index is 12.9. The molecule has 0 saturated heterocycles. The summed E-state index contributed by atoms with van der Waals surface area (Å²) in [6.07, 6.45) is 0.918. The summed E-state index contributed by atoms with van der Waals surface area (Å²) in [7, 11) is 1.98. The lowest BCUT2D eigenvalue weighted by atomic mass is 9.96. The number of hydrogen-bond acceptors (Lipinski definition) is 2. The summed E-state index contributed by atoms with van der Waals surface area (Å²) in [4.78, 5) is 14.9. The molecule has 0 radical (unpaired) electrons. The predicted octanol–water partition coefficient (Wildman–Crippen LogP) is 3.72. The van der Waals surface area contributed by atoms with Crippen LogP contribution in [0.4, 0.5) is 5.82 Å². The smallest absolute Gasteiger partial charge is 0.255 e. The maximum absolute atomic E-state index is 12.9. The molecule has 2 N–H and O–H groups in total. The Hall–Kier alpha value is -2.75. The second-order valence-corrected chi connectivity index (χ2v) is 6.36. The van der Waals surface area contributed by atoms with Crippen molar-refractivity contribution in [3.8, 4) is 0 Å². The Morgan fingerprint density at radius 3 is 2.58 bits per heavy atom. The molecule has 0 spiro atoms. The van der Waals surface area contributed by atoms with E-state index < -0.39 is 0 Å². The largest absolute Gasteiger partial charge is 0.385 e. The normalized spacial score (nSPS) is 16.8. The molecule has 1 aliphatic rings. The van der Waals surface area contributed by atoms with Gasteiger partial charge in [0.15, 0.2) is 0 Å². The summed E-state index contributed by atoms with van der Waals surface area (Å²) in [6, 6.07) is 16.0. The number of fused-ring (bicyclic) bond motifs is 2. The quantitative estimate of drug-likeness (QED) is 0.800. The van der Waals surface area contributed by atoms with Gasteiger partial charge in [-0.15, -0.1) is 0 Å². The van der Waals surface area contributed by atoms with Crippen molar-refractivity contribution in [2.24, 2.45) is 7.05 Å². The van der Waals surface area contributed by atoms with Crippen LogP contribution in [0.3, 0.4) is 0 Å². The number of carbonyl (C=O) groups is 1. The third-order valence-corrected chi connectivity index (χ3v) is 4.99. The molecule has 2 heterocycles. The van der Waals surface area contributed by atoms with Crippen molar-refractivity contribution in [3.05, 3.63) is 65.2 Å². The summed E-state index contributed by atoms with van der Waals surface area (Å²) in [5.74, 6) is 0.830. The standard InChI is InChI=1S/C20H21N3O/c1-3-12-23-18(13-8-4-5-9-14(13)20(23)24)17-15-10-6-7-11-16(15)22(2)19(17)21/h4-11,18H,3,12,21H2,1-2H3/t18-/m1/s1. The lowest BCUT2D eigenvalue weighted by molar-refractivity contribution is 0.0751. The van der Waals surface area contributed by atoms with Gasteiger partial charge in [0.05, 0.1) is 6.04 Å². The van der Waals surface area contributed by atoms with Crippen LogP contribution >= 0.6 is 0 Å². The molecule has 4 nitrogen and oxygen atoms in total. The molecule has 0 aliphatic carbocycles. The van der Waals surface area contributed by atoms with E-state index in [1.54, 1.807) is 0 Å². The van der Waals surface area contributed by atoms with Gasteiger partial charge in [0.2, 0.25) is 0 Å². The average Bonchev–Trinajstić information content (AvgIpc) is 3.02. The molecule has 1 aliphatic heterocycles. The molecule has 1 atom stereocenters. The second kappa shape index (κ2) is 5.41. The van der Waals surface area contributed by atoms with Crippen molar-refractivity contribution in [2.75, 3.05) is 12.3 Å². The van der Waals surface area contributed by atoms with Crippen molar-refractivity contribution in [1.82, 2.24) is 9.47 Å². The monoisotopic (exact) mass is 319 g/mol. The number of aryl methyl sites for hydroxylation is 1. The van der Waals surface area contributed by atoms with E-state index in [-0.39, 0.29) is 11.9 Å². The predicted molar refractivity (Wildman–Crippen MR) is 96.9 cm³/mol. The fraction of sp³-hybridized carbons (Fsp3) is 0.250. The molecular weight excluding hydrogens is 298 g/mol. The fourth-order valence-electron chi connectivity index (χ4n) is 3.88. The summed E-state index contributed by atoms with van der Waals surface area (Å²) in [5, 5.41) is 1.12. The van der Waals surface area contributed by atoms with E-state index in [2.05, 4.69) is 25.1 Å². The van der Waals surface area contributed by atoms with Gasteiger partial charge in [0.1, 0.15) is 5.82 Å². The number of nitrogens with two attached hydrogens (primary N) is 1. The maximum Gasteiger partial charge on any atom is 0.255 e. The molecule has 1 aromatic heterocycles. The Kier molecular flexibility index (Phi) is 3.34. The number of carbonyl (C=O) groups excluding carboxylic acids is 1. The minimum Gasteiger partial charge on any atom is -0.385 e. The number of anilines is 1. The summed E-state index contributed by atoms with van der Waals surface area (Å²) < 4.78 is 2.01. The van der Waals surface area contributed by atoms with Crippen LogP contribution in [-0.4, -0.2) is 21.9 Å². The molecule has 0 bridgehead atoms. The first kappa shape index (κ1) is 14.8. The zero-order valence-corrected chi connectivity index (χ0v) is 14.0. The van der Waals surface area contributed by atoms with Gasteiger partial charge in [-0.1, -0.05) is 43.3 Å². The lowest BCUT2D eigenvalue weighted by Crippen LogP contribution is -2.29. The third kappa shape index (κ3) is 1.89. The number of benzene rings is 2. The van der Waals surface area contributed by atoms with E-state index in [1.807, 2.05) is 46.8 Å². The van der Waals surface area contributed by atoms with E-state index in [0.29, 0.717) is 0 Å². The van der Waals surface area contributed by atoms with Crippen LogP contribution < -0.4 is 5.73 Å². The van der Waals surface area contributed by atoms with E-state index in [0.717, 1.165) is 46.4 Å². The molecule has 4 heteroatoms. The topological polar surface area (TPSA) is 51.3 Å². The Morgan fingerprint density at radius 2 is 1.79 bits per heavy atom. The number of para-hydroxylation sites is 1. The van der Waals surface area contributed by atoms with Gasteiger partial charge in [-0.2, -0.15) is 0 Å². The molecule has 0 fully saturated rings. The molecule has 1 amide bonds. The molecule has 2 aromatic carbocycles. The first-order chi connectivity index (χ1) is 11.6. The highest BCUT2D eigenvalue weighted by Gasteiger charge is 2.39. The van der Waals surface area contributed by atoms with Gasteiger partial charge in [-0.05, 0) is 24.1 Å². The van der Waals surface area contributed by atoms with Crippen molar-refractivity contribution in [1.29, 1.82) is 0 Å². The minimum absolute atomic E-state index is 0.102. The first-order valence-corrected chi connectivity index (χ1v) is 8.37. The van der Waals surface area contributed by atoms with Gasteiger partial charge in [-0.3, -0.25) is 4.79 Å². The van der Waals surface area contributed by atoms with Crippen molar-refractivity contribution in [3.63, 3.8) is 0 Å². The van der Waals surface area contributed by atoms with E-state index >= 15 is 0 Å². The second-order valence-electron chi connectivity index (χ2n) is 6.36. The number of nitrogens with zero attached hydrogens (tertiary/aromatic N) is 2. The van der Waals surface area contributed by atoms with Crippen LogP contribution in [0.5, 0.6) is 0 Å². The summed E-state index contributed by atoms with van der Waals surface area (Å²) in [6.45, 7) is 2.82. The van der Waals surface area contributed by atoms with Gasteiger partial charge >= 0.3 is 0 Å². The van der Waals surface area contributed by atoms with Crippen molar-refractivity contribution in [2.45, 2.75) is 19.4 Å². The third-order valence-electron chi connectivity index (χ3n) is 4.99. The zero-order valence-electron chi connectivity index (χ0n) is 14.0. The lowest BCUT2D eigenvalue weighted by Gasteiger charge is -2.25. The SMILES string of the molecule is CCCN1C(=O)c2ccccc2[C@@H]1c1c(N)n(C)c2ccccc12. The van der Waals surface area contributed by atoms with Crippen LogP contribution in [-0.2, 0) is 7.05 Å². The Bertz CT molecular complexity index is 941. The minimum atomic E-state index is -0.111. The van der Waals surface area contributed by atoms with Crippen LogP contribution in [0.15, 0.2) is 48.5 Å². The van der Waals surface area contributed by atoms with Gasteiger partial charge in [0.25, 0.3) is 5.91 Å². The molecule has 4 rings (SSSR count). The fourth-order valence-corrected chi connectivity index (χ4v) is 3.88. The van der Waals surface area contributed by atoms with E-state index in [1.165, 1.54) is 0 Å². The van der Waals surface area contributed by atoms with Crippen LogP contribution in [0.25, 0.3) is 10.9 Å². The van der Waals surface area contributed by atoms with Gasteiger partial charge in [-0.25, -0.2) is 0 Å². The summed E-state index contributed by atoms with van der Waals surface area (Å²) in [5.41, 5.74) is 10.5. The van der Waals surface area contributed by atoms with Crippen LogP contribution in [0.1, 0.15) is 40.9 Å². The highest BCUT2D eigenvalue weighted by Crippen LogP contribution is 2.44. The number of hydrogen-bond donors (Lipinski definition) is 1. The summed E-state index contributed by atoms with van der Waals surface area (Å²) >= 11 is 0.